The average molecular weight is 344 g/mol. The van der Waals surface area contributed by atoms with Gasteiger partial charge in [0.2, 0.25) is 0 Å². The van der Waals surface area contributed by atoms with E-state index >= 15 is 0 Å². The van der Waals surface area contributed by atoms with Crippen LogP contribution in [0, 0.1) is 0 Å². The van der Waals surface area contributed by atoms with Gasteiger partial charge in [0.15, 0.2) is 0 Å². The Kier molecular flexibility index (Phi) is 0.486. The van der Waals surface area contributed by atoms with Crippen molar-refractivity contribution in [1.29, 1.82) is 0 Å². The number of aldehydes is 1. The molecule has 10 saturated heterocycles. The molecular weight excluding hydrogens is 320 g/mol. The molecule has 22 heavy (non-hydrogen) atoms. The molecule has 10 fully saturated rings. The van der Waals surface area contributed by atoms with Crippen LogP contribution in [0.5, 0.6) is 0 Å². The second-order valence-corrected chi connectivity index (χ2v) is 35.7. The second-order valence-electron chi connectivity index (χ2n) is 12.3. The zero-order chi connectivity index (χ0) is 14.3. The number of carbonyl (C=O) groups excluding carboxylic acids is 1. The van der Waals surface area contributed by atoms with Crippen LogP contribution in [0.1, 0.15) is 25.7 Å². The average Bonchev–Trinajstić information content (AvgIpc) is 3.47. The fraction of sp³-hybridized carbons (Fsp3) is 0.944. The zero-order valence-electron chi connectivity index (χ0n) is 12.8. The van der Waals surface area contributed by atoms with E-state index in [1.54, 1.807) is 6.29 Å². The molecule has 0 bridgehead atoms. The third kappa shape index (κ3) is 0.128. The Labute approximate surface area is 120 Å². The van der Waals surface area contributed by atoms with Gasteiger partial charge in [-0.05, 0) is 0 Å². The van der Waals surface area contributed by atoms with Crippen molar-refractivity contribution in [1.82, 2.24) is 0 Å². The normalized spacial score (nSPS) is 98.0. The van der Waals surface area contributed by atoms with Gasteiger partial charge < -0.3 is 0 Å². The summed E-state index contributed by atoms with van der Waals surface area (Å²) in [6, 6.07) is 0. The molecular formula is C18H24FeO3. The van der Waals surface area contributed by atoms with E-state index in [1.807, 2.05) is 0 Å². The molecule has 0 aromatic heterocycles. The molecule has 1 N–H and O–H groups in total. The third-order valence-electron chi connectivity index (χ3n) is 16.9. The van der Waals surface area contributed by atoms with Crippen LogP contribution in [0.2, 0.25) is 47.2 Å². The molecule has 0 amide bonds. The van der Waals surface area contributed by atoms with Gasteiger partial charge in [0, 0.05) is 0 Å². The van der Waals surface area contributed by atoms with E-state index in [4.69, 9.17) is 9.84 Å². The van der Waals surface area contributed by atoms with Crippen LogP contribution in [-0.2, 0) is 16.0 Å². The minimum atomic E-state index is -3.38. The number of fused-ring (bicyclic) bond motifs is 10. The van der Waals surface area contributed by atoms with Crippen LogP contribution < -0.4 is 0 Å². The number of unbranched alkanes of at least 4 members (excludes halogenated alkanes) is 3. The molecule has 3 nitrogen and oxygen atoms in total. The minimum absolute atomic E-state index is 0.327. The first kappa shape index (κ1) is 10.2. The van der Waals surface area contributed by atoms with E-state index in [-0.39, 0.29) is 0 Å². The van der Waals surface area contributed by atoms with E-state index in [0.717, 1.165) is 51.7 Å². The van der Waals surface area contributed by atoms with Crippen molar-refractivity contribution in [2.45, 2.75) is 72.8 Å². The SMILES string of the molecule is O=C[C]12[CH]3[CH]4[CH]5[CH]1[Fe]45321678[CH]2[CH]1[CH]6[C]7(COCCCCCCO)[CH]28. The van der Waals surface area contributed by atoms with Crippen molar-refractivity contribution >= 4 is 6.29 Å². The van der Waals surface area contributed by atoms with Gasteiger partial charge in [0.1, 0.15) is 0 Å². The van der Waals surface area contributed by atoms with Gasteiger partial charge in [-0.1, -0.05) is 0 Å². The number of hydrogen-bond donors (Lipinski definition) is 1. The summed E-state index contributed by atoms with van der Waals surface area (Å²) < 4.78 is 7.40. The van der Waals surface area contributed by atoms with Gasteiger partial charge in [-0.25, -0.2) is 0 Å². The van der Waals surface area contributed by atoms with E-state index in [0.29, 0.717) is 15.2 Å². The first-order chi connectivity index (χ1) is 10.6. The topological polar surface area (TPSA) is 46.5 Å². The Balaban J connectivity index is 1.03. The summed E-state index contributed by atoms with van der Waals surface area (Å²) in [4.78, 5) is 21.3. The first-order valence-corrected chi connectivity index (χ1v) is 15.6. The number of carbonyl (C=O) groups is 1. The molecule has 10 rings (SSSR count). The van der Waals surface area contributed by atoms with Crippen molar-refractivity contribution in [2.24, 2.45) is 0 Å². The van der Waals surface area contributed by atoms with Crippen molar-refractivity contribution in [3.8, 4) is 0 Å². The second kappa shape index (κ2) is 1.05. The molecule has 0 saturated carbocycles. The Morgan fingerprint density at radius 3 is 2.09 bits per heavy atom. The summed E-state index contributed by atoms with van der Waals surface area (Å²) in [5.41, 5.74) is 0. The van der Waals surface area contributed by atoms with Crippen LogP contribution >= 0.6 is 0 Å². The quantitative estimate of drug-likeness (QED) is 0.392. The Bertz CT molecular complexity index is 1090. The number of hydrogen-bond acceptors (Lipinski definition) is 3. The third-order valence-corrected chi connectivity index (χ3v) is 60.4. The fourth-order valence-electron chi connectivity index (χ4n) is 18.8. The molecule has 1 spiro atoms. The molecule has 10 aliphatic rings. The maximum absolute atomic E-state index is 12.2. The summed E-state index contributed by atoms with van der Waals surface area (Å²) in [5, 5.41) is 8.82. The maximum atomic E-state index is 12.2. The van der Waals surface area contributed by atoms with Crippen molar-refractivity contribution in [3.05, 3.63) is 0 Å². The molecule has 4 heteroatoms. The molecule has 8 unspecified atom stereocenters. The monoisotopic (exact) mass is 344 g/mol. The van der Waals surface area contributed by atoms with Gasteiger partial charge in [-0.2, -0.15) is 0 Å². The van der Waals surface area contributed by atoms with Gasteiger partial charge in [-0.15, -0.1) is 0 Å². The molecule has 0 radical (unpaired) electrons. The summed E-state index contributed by atoms with van der Waals surface area (Å²) in [7, 11) is 0. The number of aliphatic hydroxyl groups excluding tert-OH is 1. The van der Waals surface area contributed by atoms with Crippen LogP contribution in [-0.4, -0.2) is 31.2 Å². The van der Waals surface area contributed by atoms with E-state index in [9.17, 15) is 4.79 Å². The Hall–Kier alpha value is 0.109. The molecule has 0 aliphatic carbocycles. The number of rotatable bonds is 9. The van der Waals surface area contributed by atoms with Crippen molar-refractivity contribution in [3.63, 3.8) is 0 Å². The van der Waals surface area contributed by atoms with Gasteiger partial charge in [-0.3, -0.25) is 0 Å². The van der Waals surface area contributed by atoms with Crippen molar-refractivity contribution in [2.75, 3.05) is 19.8 Å². The van der Waals surface area contributed by atoms with Gasteiger partial charge >= 0.3 is 120 Å². The number of aliphatic hydroxyl groups is 1. The van der Waals surface area contributed by atoms with E-state index in [2.05, 4.69) is 0 Å². The molecule has 10 heterocycles. The summed E-state index contributed by atoms with van der Waals surface area (Å²) in [6.07, 6.45) is 5.98. The van der Waals surface area contributed by atoms with E-state index in [1.165, 1.54) is 25.7 Å². The predicted octanol–water partition coefficient (Wildman–Crippen LogP) is 3.88. The van der Waals surface area contributed by atoms with Crippen LogP contribution in [0.4, 0.5) is 0 Å². The molecule has 10 aliphatic heterocycles. The summed E-state index contributed by atoms with van der Waals surface area (Å²) >= 11 is 0. The number of ether oxygens (including phenoxy) is 1. The van der Waals surface area contributed by atoms with Gasteiger partial charge in [0.25, 0.3) is 0 Å². The van der Waals surface area contributed by atoms with E-state index < -0.39 is 6.51 Å². The summed E-state index contributed by atoms with van der Waals surface area (Å²) in [5.74, 6) is 0. The van der Waals surface area contributed by atoms with Crippen LogP contribution in [0.3, 0.4) is 0 Å². The standard InChI is InChI=1S/C12H19O2.C6H5O.Fe/c13-9-5-1-2-6-10-14-11-12-7-3-4-8-12;7-5-6-3-1-2-4-6;/h3-4,7-8,13H,1-2,5-6,9-11H2;1-5H;. The fourth-order valence-corrected chi connectivity index (χ4v) is 94.5. The predicted molar refractivity (Wildman–Crippen MR) is 77.8 cm³/mol. The van der Waals surface area contributed by atoms with Crippen LogP contribution in [0.25, 0.3) is 0 Å². The van der Waals surface area contributed by atoms with Crippen LogP contribution in [0.15, 0.2) is 0 Å². The molecule has 8 atom stereocenters. The molecule has 0 aromatic carbocycles. The Morgan fingerprint density at radius 1 is 0.955 bits per heavy atom. The molecule has 122 valence electrons. The first-order valence-electron chi connectivity index (χ1n) is 9.41. The zero-order valence-corrected chi connectivity index (χ0v) is 13.9. The van der Waals surface area contributed by atoms with Gasteiger partial charge in [0.05, 0.1) is 0 Å². The Morgan fingerprint density at radius 2 is 1.59 bits per heavy atom. The van der Waals surface area contributed by atoms with Crippen molar-refractivity contribution < 1.29 is 21.1 Å². The summed E-state index contributed by atoms with van der Waals surface area (Å²) in [6.45, 7) is -1.05. The molecule has 0 aromatic rings.